The molecular formula is C13H16N4. The van der Waals surface area contributed by atoms with Gasteiger partial charge in [0, 0.05) is 12.1 Å². The lowest BCUT2D eigenvalue weighted by molar-refractivity contribution is 0.631. The average molecular weight is 228 g/mol. The monoisotopic (exact) mass is 228 g/mol. The third-order valence-corrected chi connectivity index (χ3v) is 2.86. The Bertz CT molecular complexity index is 523. The summed E-state index contributed by atoms with van der Waals surface area (Å²) in [7, 11) is 0. The number of aryl methyl sites for hydroxylation is 1. The molecule has 0 saturated heterocycles. The van der Waals surface area contributed by atoms with E-state index in [0.717, 1.165) is 17.9 Å². The fourth-order valence-corrected chi connectivity index (χ4v) is 1.67. The summed E-state index contributed by atoms with van der Waals surface area (Å²) in [4.78, 5) is 0. The molecule has 0 amide bonds. The van der Waals surface area contributed by atoms with Crippen LogP contribution < -0.4 is 0 Å². The second-order valence-corrected chi connectivity index (χ2v) is 3.87. The Labute approximate surface area is 101 Å². The van der Waals surface area contributed by atoms with Crippen LogP contribution in [0.5, 0.6) is 0 Å². The van der Waals surface area contributed by atoms with E-state index in [1.165, 1.54) is 11.1 Å². The predicted molar refractivity (Wildman–Crippen MR) is 68.3 cm³/mol. The van der Waals surface area contributed by atoms with E-state index in [0.29, 0.717) is 0 Å². The average Bonchev–Trinajstić information content (AvgIpc) is 2.86. The molecule has 1 heterocycles. The van der Waals surface area contributed by atoms with Crippen LogP contribution in [0.15, 0.2) is 30.3 Å². The zero-order chi connectivity index (χ0) is 12.3. The van der Waals surface area contributed by atoms with Crippen LogP contribution in [0.25, 0.3) is 17.0 Å². The van der Waals surface area contributed by atoms with Gasteiger partial charge < -0.3 is 0 Å². The first-order valence-electron chi connectivity index (χ1n) is 5.76. The SMILES string of the molecule is CC=C(C)c1ccc(-c2nnnn2CC)cc1. The Hall–Kier alpha value is -1.97. The summed E-state index contributed by atoms with van der Waals surface area (Å²) in [5.74, 6) is 0.817. The maximum atomic E-state index is 4.04. The van der Waals surface area contributed by atoms with Gasteiger partial charge in [-0.3, -0.25) is 0 Å². The third kappa shape index (κ3) is 2.25. The molecule has 0 aliphatic rings. The van der Waals surface area contributed by atoms with Gasteiger partial charge in [0.2, 0.25) is 0 Å². The van der Waals surface area contributed by atoms with E-state index < -0.39 is 0 Å². The van der Waals surface area contributed by atoms with E-state index >= 15 is 0 Å². The molecule has 2 rings (SSSR count). The van der Waals surface area contributed by atoms with E-state index in [4.69, 9.17) is 0 Å². The molecule has 0 saturated carbocycles. The molecule has 4 heteroatoms. The maximum absolute atomic E-state index is 4.04. The fourth-order valence-electron chi connectivity index (χ4n) is 1.67. The van der Waals surface area contributed by atoms with Gasteiger partial charge in [0.25, 0.3) is 0 Å². The number of allylic oxidation sites excluding steroid dienone is 2. The van der Waals surface area contributed by atoms with E-state index in [-0.39, 0.29) is 0 Å². The Kier molecular flexibility index (Phi) is 3.32. The highest BCUT2D eigenvalue weighted by Crippen LogP contribution is 2.20. The third-order valence-electron chi connectivity index (χ3n) is 2.86. The number of aromatic nitrogens is 4. The van der Waals surface area contributed by atoms with Crippen molar-refractivity contribution in [3.63, 3.8) is 0 Å². The molecular weight excluding hydrogens is 212 g/mol. The van der Waals surface area contributed by atoms with Crippen molar-refractivity contribution in [1.82, 2.24) is 20.2 Å². The first-order chi connectivity index (χ1) is 8.26. The van der Waals surface area contributed by atoms with Crippen LogP contribution in [0.2, 0.25) is 0 Å². The molecule has 88 valence electrons. The van der Waals surface area contributed by atoms with Crippen molar-refractivity contribution in [3.8, 4) is 11.4 Å². The van der Waals surface area contributed by atoms with E-state index in [2.05, 4.69) is 52.8 Å². The van der Waals surface area contributed by atoms with Crippen LogP contribution in [0, 0.1) is 0 Å². The zero-order valence-corrected chi connectivity index (χ0v) is 10.4. The minimum absolute atomic E-state index is 0.776. The number of hydrogen-bond acceptors (Lipinski definition) is 3. The van der Waals surface area contributed by atoms with Crippen molar-refractivity contribution >= 4 is 5.57 Å². The molecule has 0 N–H and O–H groups in total. The van der Waals surface area contributed by atoms with Gasteiger partial charge >= 0.3 is 0 Å². The second kappa shape index (κ2) is 4.91. The van der Waals surface area contributed by atoms with Crippen molar-refractivity contribution < 1.29 is 0 Å². The highest BCUT2D eigenvalue weighted by atomic mass is 15.5. The van der Waals surface area contributed by atoms with Crippen LogP contribution in [0.1, 0.15) is 26.3 Å². The largest absolute Gasteiger partial charge is 0.226 e. The van der Waals surface area contributed by atoms with Gasteiger partial charge in [-0.15, -0.1) is 5.10 Å². The first kappa shape index (κ1) is 11.5. The summed E-state index contributed by atoms with van der Waals surface area (Å²) in [6.07, 6.45) is 2.10. The van der Waals surface area contributed by atoms with E-state index in [1.807, 2.05) is 13.8 Å². The summed E-state index contributed by atoms with van der Waals surface area (Å²) >= 11 is 0. The number of rotatable bonds is 3. The molecule has 0 radical (unpaired) electrons. The van der Waals surface area contributed by atoms with Gasteiger partial charge in [-0.25, -0.2) is 4.68 Å². The highest BCUT2D eigenvalue weighted by molar-refractivity contribution is 5.66. The van der Waals surface area contributed by atoms with Gasteiger partial charge in [0.15, 0.2) is 5.82 Å². The molecule has 0 aliphatic carbocycles. The number of nitrogens with zero attached hydrogens (tertiary/aromatic N) is 4. The molecule has 1 aromatic heterocycles. The topological polar surface area (TPSA) is 43.6 Å². The summed E-state index contributed by atoms with van der Waals surface area (Å²) in [5.41, 5.74) is 3.54. The molecule has 4 nitrogen and oxygen atoms in total. The van der Waals surface area contributed by atoms with Crippen LogP contribution in [0.4, 0.5) is 0 Å². The van der Waals surface area contributed by atoms with Crippen molar-refractivity contribution in [3.05, 3.63) is 35.9 Å². The lowest BCUT2D eigenvalue weighted by atomic mass is 10.1. The Balaban J connectivity index is 2.36. The van der Waals surface area contributed by atoms with Crippen molar-refractivity contribution in [2.75, 3.05) is 0 Å². The number of tetrazole rings is 1. The lowest BCUT2D eigenvalue weighted by Gasteiger charge is -2.04. The summed E-state index contributed by atoms with van der Waals surface area (Å²) in [5, 5.41) is 11.7. The Morgan fingerprint density at radius 2 is 2.00 bits per heavy atom. The van der Waals surface area contributed by atoms with Gasteiger partial charge in [-0.2, -0.15) is 0 Å². The van der Waals surface area contributed by atoms with Crippen LogP contribution in [-0.2, 0) is 6.54 Å². The molecule has 1 aromatic carbocycles. The fraction of sp³-hybridized carbons (Fsp3) is 0.308. The molecule has 0 fully saturated rings. The second-order valence-electron chi connectivity index (χ2n) is 3.87. The van der Waals surface area contributed by atoms with Gasteiger partial charge in [-0.05, 0) is 42.3 Å². The summed E-state index contributed by atoms with van der Waals surface area (Å²) < 4.78 is 1.79. The Morgan fingerprint density at radius 3 is 2.59 bits per heavy atom. The van der Waals surface area contributed by atoms with Crippen LogP contribution >= 0.6 is 0 Å². The van der Waals surface area contributed by atoms with Crippen molar-refractivity contribution in [1.29, 1.82) is 0 Å². The van der Waals surface area contributed by atoms with Crippen LogP contribution in [0.3, 0.4) is 0 Å². The maximum Gasteiger partial charge on any atom is 0.181 e. The van der Waals surface area contributed by atoms with Gasteiger partial charge in [0.05, 0.1) is 0 Å². The normalized spacial score (nSPS) is 11.8. The molecule has 0 bridgehead atoms. The standard InChI is InChI=1S/C13H16N4/c1-4-10(3)11-6-8-12(9-7-11)13-14-15-16-17(13)5-2/h4,6-9H,5H2,1-3H3. The first-order valence-corrected chi connectivity index (χ1v) is 5.76. The van der Waals surface area contributed by atoms with Gasteiger partial charge in [-0.1, -0.05) is 30.3 Å². The quantitative estimate of drug-likeness (QED) is 0.811. The smallest absolute Gasteiger partial charge is 0.181 e. The minimum Gasteiger partial charge on any atom is -0.226 e. The molecule has 0 spiro atoms. The van der Waals surface area contributed by atoms with E-state index in [9.17, 15) is 0 Å². The van der Waals surface area contributed by atoms with E-state index in [1.54, 1.807) is 4.68 Å². The predicted octanol–water partition coefficient (Wildman–Crippen LogP) is 2.78. The number of hydrogen-bond donors (Lipinski definition) is 0. The van der Waals surface area contributed by atoms with Crippen molar-refractivity contribution in [2.45, 2.75) is 27.3 Å². The Morgan fingerprint density at radius 1 is 1.29 bits per heavy atom. The molecule has 2 aromatic rings. The molecule has 17 heavy (non-hydrogen) atoms. The van der Waals surface area contributed by atoms with Crippen LogP contribution in [-0.4, -0.2) is 20.2 Å². The summed E-state index contributed by atoms with van der Waals surface area (Å²) in [6, 6.07) is 8.30. The molecule has 0 unspecified atom stereocenters. The minimum atomic E-state index is 0.776. The lowest BCUT2D eigenvalue weighted by Crippen LogP contribution is -1.99. The van der Waals surface area contributed by atoms with Crippen molar-refractivity contribution in [2.24, 2.45) is 0 Å². The number of benzene rings is 1. The molecule has 0 atom stereocenters. The zero-order valence-electron chi connectivity index (χ0n) is 10.4. The van der Waals surface area contributed by atoms with Gasteiger partial charge in [0.1, 0.15) is 0 Å². The molecule has 0 aliphatic heterocycles. The highest BCUT2D eigenvalue weighted by Gasteiger charge is 2.07. The summed E-state index contributed by atoms with van der Waals surface area (Å²) in [6.45, 7) is 6.95.